The van der Waals surface area contributed by atoms with Crippen LogP contribution in [0, 0.1) is 0 Å². The zero-order valence-corrected chi connectivity index (χ0v) is 17.0. The molecule has 1 atom stereocenters. The molecule has 0 fully saturated rings. The van der Waals surface area contributed by atoms with Crippen LogP contribution in [-0.2, 0) is 11.1 Å². The van der Waals surface area contributed by atoms with E-state index in [4.69, 9.17) is 0 Å². The fourth-order valence-electron chi connectivity index (χ4n) is 3.30. The maximum atomic E-state index is 14.7. The van der Waals surface area contributed by atoms with E-state index in [-0.39, 0.29) is 0 Å². The van der Waals surface area contributed by atoms with Crippen molar-refractivity contribution in [3.63, 3.8) is 0 Å². The van der Waals surface area contributed by atoms with Gasteiger partial charge in [0.2, 0.25) is 0 Å². The van der Waals surface area contributed by atoms with E-state index in [0.29, 0.717) is 6.54 Å². The Balaban J connectivity index is 1.81. The van der Waals surface area contributed by atoms with Crippen LogP contribution < -0.4 is 15.9 Å². The average molecular weight is 404 g/mol. The predicted molar refractivity (Wildman–Crippen MR) is 118 cm³/mol. The summed E-state index contributed by atoms with van der Waals surface area (Å²) in [5.41, 5.74) is 1.15. The van der Waals surface area contributed by atoms with Crippen LogP contribution >= 0.6 is 18.5 Å². The highest BCUT2D eigenvalue weighted by atomic mass is 32.1. The minimum atomic E-state index is -3.02. The number of hydrogen-bond donors (Lipinski definition) is 1. The highest BCUT2D eigenvalue weighted by Gasteiger charge is 2.39. The molecule has 1 unspecified atom stereocenters. The van der Waals surface area contributed by atoms with Gasteiger partial charge in [-0.15, -0.1) is 11.3 Å². The van der Waals surface area contributed by atoms with Crippen molar-refractivity contribution in [1.82, 2.24) is 10.3 Å². The fourth-order valence-corrected chi connectivity index (χ4v) is 7.37. The molecule has 3 aromatic carbocycles. The van der Waals surface area contributed by atoms with Crippen molar-refractivity contribution in [3.8, 4) is 0 Å². The van der Waals surface area contributed by atoms with Gasteiger partial charge in [0.05, 0.1) is 0 Å². The Hall–Kier alpha value is -2.52. The van der Waals surface area contributed by atoms with Crippen molar-refractivity contribution in [2.24, 2.45) is 0 Å². The molecule has 3 nitrogen and oxygen atoms in total. The van der Waals surface area contributed by atoms with Gasteiger partial charge in [-0.1, -0.05) is 91.0 Å². The third-order valence-electron chi connectivity index (χ3n) is 4.67. The highest BCUT2D eigenvalue weighted by Crippen LogP contribution is 2.56. The molecule has 0 aliphatic carbocycles. The van der Waals surface area contributed by atoms with E-state index < -0.39 is 12.9 Å². The number of nitrogens with one attached hydrogen (secondary N) is 1. The standard InChI is InChI=1S/C23H21N2OPS/c26-27(20-12-6-2-7-13-20,21-14-8-3-9-15-21)22(23-24-16-17-28-23)25-18-19-10-4-1-5-11-19/h1-17,22,25H,18H2. The number of benzene rings is 3. The Morgan fingerprint density at radius 2 is 1.36 bits per heavy atom. The Morgan fingerprint density at radius 1 is 0.821 bits per heavy atom. The van der Waals surface area contributed by atoms with Crippen LogP contribution in [0.4, 0.5) is 0 Å². The number of hydrogen-bond acceptors (Lipinski definition) is 4. The van der Waals surface area contributed by atoms with Crippen molar-refractivity contribution in [2.45, 2.75) is 12.3 Å². The summed E-state index contributed by atoms with van der Waals surface area (Å²) >= 11 is 1.54. The zero-order valence-electron chi connectivity index (χ0n) is 15.3. The second-order valence-corrected chi connectivity index (χ2v) is 10.3. The Labute approximate surface area is 169 Å². The molecule has 4 aromatic rings. The highest BCUT2D eigenvalue weighted by molar-refractivity contribution is 7.79. The van der Waals surface area contributed by atoms with Crippen LogP contribution in [0.5, 0.6) is 0 Å². The number of rotatable bonds is 7. The van der Waals surface area contributed by atoms with Crippen molar-refractivity contribution in [2.75, 3.05) is 0 Å². The maximum absolute atomic E-state index is 14.7. The van der Waals surface area contributed by atoms with Crippen molar-refractivity contribution < 1.29 is 4.57 Å². The van der Waals surface area contributed by atoms with Gasteiger partial charge in [-0.2, -0.15) is 0 Å². The summed E-state index contributed by atoms with van der Waals surface area (Å²) in [6, 6.07) is 29.7. The molecule has 1 N–H and O–H groups in total. The third-order valence-corrected chi connectivity index (χ3v) is 8.97. The Kier molecular flexibility index (Phi) is 5.82. The second-order valence-electron chi connectivity index (χ2n) is 6.47. The minimum absolute atomic E-state index is 0.391. The first kappa shape index (κ1) is 18.8. The molecule has 0 saturated carbocycles. The van der Waals surface area contributed by atoms with E-state index in [2.05, 4.69) is 22.4 Å². The van der Waals surface area contributed by atoms with Gasteiger partial charge in [0.15, 0.2) is 7.14 Å². The molecule has 0 aliphatic rings. The smallest absolute Gasteiger partial charge is 0.166 e. The van der Waals surface area contributed by atoms with E-state index in [1.807, 2.05) is 84.2 Å². The minimum Gasteiger partial charge on any atom is -0.312 e. The summed E-state index contributed by atoms with van der Waals surface area (Å²) in [7, 11) is -3.02. The lowest BCUT2D eigenvalue weighted by Crippen LogP contribution is -2.30. The van der Waals surface area contributed by atoms with E-state index >= 15 is 0 Å². The lowest BCUT2D eigenvalue weighted by atomic mass is 10.2. The molecule has 0 aliphatic heterocycles. The summed E-state index contributed by atoms with van der Waals surface area (Å²) < 4.78 is 14.7. The number of nitrogens with zero attached hydrogens (tertiary/aromatic N) is 1. The van der Waals surface area contributed by atoms with E-state index in [9.17, 15) is 4.57 Å². The van der Waals surface area contributed by atoms with Gasteiger partial charge < -0.3 is 4.57 Å². The lowest BCUT2D eigenvalue weighted by Gasteiger charge is -2.28. The second kappa shape index (κ2) is 8.66. The fraction of sp³-hybridized carbons (Fsp3) is 0.0870. The summed E-state index contributed by atoms with van der Waals surface area (Å²) in [4.78, 5) is 4.53. The lowest BCUT2D eigenvalue weighted by molar-refractivity contribution is 0.558. The molecule has 1 heterocycles. The summed E-state index contributed by atoms with van der Waals surface area (Å²) in [6.07, 6.45) is 1.78. The number of aromatic nitrogens is 1. The van der Waals surface area contributed by atoms with Crippen LogP contribution in [-0.4, -0.2) is 4.98 Å². The van der Waals surface area contributed by atoms with E-state index in [1.165, 1.54) is 11.3 Å². The maximum Gasteiger partial charge on any atom is 0.166 e. The Bertz CT molecular complexity index is 994. The van der Waals surface area contributed by atoms with Gasteiger partial charge in [0, 0.05) is 28.7 Å². The van der Waals surface area contributed by atoms with Crippen molar-refractivity contribution in [3.05, 3.63) is 113 Å². The van der Waals surface area contributed by atoms with Gasteiger partial charge in [0.25, 0.3) is 0 Å². The molecule has 28 heavy (non-hydrogen) atoms. The molecule has 4 rings (SSSR count). The Morgan fingerprint density at radius 3 is 1.86 bits per heavy atom. The molecule has 0 saturated heterocycles. The molecule has 0 amide bonds. The number of thiazole rings is 1. The van der Waals surface area contributed by atoms with Gasteiger partial charge >= 0.3 is 0 Å². The first-order chi connectivity index (χ1) is 13.8. The zero-order chi connectivity index (χ0) is 19.2. The molecule has 140 valence electrons. The molecule has 0 bridgehead atoms. The van der Waals surface area contributed by atoms with Crippen LogP contribution in [0.25, 0.3) is 0 Å². The first-order valence-corrected chi connectivity index (χ1v) is 11.8. The topological polar surface area (TPSA) is 42.0 Å². The molecular formula is C23H21N2OPS. The van der Waals surface area contributed by atoms with Crippen LogP contribution in [0.1, 0.15) is 16.4 Å². The van der Waals surface area contributed by atoms with Crippen molar-refractivity contribution >= 4 is 29.1 Å². The molecule has 1 aromatic heterocycles. The molecule has 5 heteroatoms. The van der Waals surface area contributed by atoms with Gasteiger partial charge in [-0.25, -0.2) is 4.98 Å². The summed E-state index contributed by atoms with van der Waals surface area (Å²) in [5.74, 6) is -0.391. The van der Waals surface area contributed by atoms with E-state index in [1.54, 1.807) is 6.20 Å². The van der Waals surface area contributed by atoms with Crippen LogP contribution in [0.15, 0.2) is 103 Å². The van der Waals surface area contributed by atoms with Crippen molar-refractivity contribution in [1.29, 1.82) is 0 Å². The van der Waals surface area contributed by atoms with Crippen LogP contribution in [0.2, 0.25) is 0 Å². The molecule has 0 spiro atoms. The largest absolute Gasteiger partial charge is 0.312 e. The molecule has 0 radical (unpaired) electrons. The van der Waals surface area contributed by atoms with E-state index in [0.717, 1.165) is 21.2 Å². The average Bonchev–Trinajstić information content (AvgIpc) is 3.30. The first-order valence-electron chi connectivity index (χ1n) is 9.16. The van der Waals surface area contributed by atoms with Crippen LogP contribution in [0.3, 0.4) is 0 Å². The SMILES string of the molecule is O=P(c1ccccc1)(c1ccccc1)C(NCc1ccccc1)c1nccs1. The normalized spacial score (nSPS) is 12.6. The summed E-state index contributed by atoms with van der Waals surface area (Å²) in [6.45, 7) is 0.620. The van der Waals surface area contributed by atoms with Gasteiger partial charge in [-0.3, -0.25) is 5.32 Å². The predicted octanol–water partition coefficient (Wildman–Crippen LogP) is 4.95. The monoisotopic (exact) mass is 404 g/mol. The molecular weight excluding hydrogens is 383 g/mol. The third kappa shape index (κ3) is 3.85. The summed E-state index contributed by atoms with van der Waals surface area (Å²) in [5, 5.41) is 8.01. The quantitative estimate of drug-likeness (QED) is 0.444. The van der Waals surface area contributed by atoms with Gasteiger partial charge in [0.1, 0.15) is 10.8 Å². The van der Waals surface area contributed by atoms with Gasteiger partial charge in [-0.05, 0) is 5.56 Å².